The fourth-order valence-corrected chi connectivity index (χ4v) is 3.75. The van der Waals surface area contributed by atoms with E-state index in [1.54, 1.807) is 0 Å². The van der Waals surface area contributed by atoms with Gasteiger partial charge in [-0.25, -0.2) is 0 Å². The molecule has 0 aliphatic heterocycles. The zero-order valence-corrected chi connectivity index (χ0v) is 14.2. The summed E-state index contributed by atoms with van der Waals surface area (Å²) in [5.74, 6) is 2.25. The molecule has 18 heavy (non-hydrogen) atoms. The van der Waals surface area contributed by atoms with Gasteiger partial charge in [0.1, 0.15) is 0 Å². The Morgan fingerprint density at radius 1 is 0.722 bits per heavy atom. The number of hydrogen-bond donors (Lipinski definition) is 0. The number of unbranched alkanes of at least 4 members (excludes halogenated alkanes) is 6. The highest BCUT2D eigenvalue weighted by molar-refractivity contribution is 7.99. The predicted molar refractivity (Wildman–Crippen MR) is 88.6 cm³/mol. The Morgan fingerprint density at radius 3 is 1.61 bits per heavy atom. The Kier molecular flexibility index (Phi) is 14.0. The monoisotopic (exact) mass is 272 g/mol. The van der Waals surface area contributed by atoms with Gasteiger partial charge in [-0.15, -0.1) is 0 Å². The van der Waals surface area contributed by atoms with Crippen LogP contribution in [0.1, 0.15) is 91.9 Å². The van der Waals surface area contributed by atoms with Gasteiger partial charge in [0.2, 0.25) is 0 Å². The molecule has 1 unspecified atom stereocenters. The molecule has 0 radical (unpaired) electrons. The molecule has 0 rings (SSSR count). The van der Waals surface area contributed by atoms with Gasteiger partial charge in [-0.3, -0.25) is 0 Å². The molecule has 0 bridgehead atoms. The summed E-state index contributed by atoms with van der Waals surface area (Å²) in [6.45, 7) is 9.36. The lowest BCUT2D eigenvalue weighted by atomic mass is 9.92. The van der Waals surface area contributed by atoms with E-state index < -0.39 is 0 Å². The lowest BCUT2D eigenvalue weighted by Gasteiger charge is -2.23. The maximum absolute atomic E-state index is 2.46. The molecule has 0 aromatic rings. The molecule has 0 aromatic heterocycles. The Balaban J connectivity index is 3.84. The fourth-order valence-electron chi connectivity index (χ4n) is 2.68. The van der Waals surface area contributed by atoms with Crippen molar-refractivity contribution in [2.75, 3.05) is 5.75 Å². The first kappa shape index (κ1) is 18.4. The van der Waals surface area contributed by atoms with Gasteiger partial charge >= 0.3 is 0 Å². The summed E-state index contributed by atoms with van der Waals surface area (Å²) in [6, 6.07) is 0. The molecule has 1 heteroatoms. The standard InChI is InChI=1S/C17H36S/c1-5-8-10-12-14-17(16(4)18-7-3)15-13-11-9-6-2/h16-17H,5-15H2,1-4H3. The van der Waals surface area contributed by atoms with Gasteiger partial charge in [-0.05, 0) is 24.5 Å². The number of hydrogen-bond acceptors (Lipinski definition) is 1. The first-order valence-electron chi connectivity index (χ1n) is 8.37. The van der Waals surface area contributed by atoms with Gasteiger partial charge < -0.3 is 0 Å². The first-order chi connectivity index (χ1) is 8.76. The van der Waals surface area contributed by atoms with Crippen molar-refractivity contribution in [1.29, 1.82) is 0 Å². The van der Waals surface area contributed by atoms with E-state index in [0.717, 1.165) is 11.2 Å². The van der Waals surface area contributed by atoms with Crippen molar-refractivity contribution in [3.63, 3.8) is 0 Å². The fraction of sp³-hybridized carbons (Fsp3) is 1.00. The van der Waals surface area contributed by atoms with E-state index in [9.17, 15) is 0 Å². The third-order valence-corrected chi connectivity index (χ3v) is 5.19. The van der Waals surface area contributed by atoms with E-state index in [1.165, 1.54) is 70.0 Å². The lowest BCUT2D eigenvalue weighted by Crippen LogP contribution is -2.14. The Hall–Kier alpha value is 0.350. The zero-order valence-electron chi connectivity index (χ0n) is 13.3. The average Bonchev–Trinajstić information content (AvgIpc) is 2.37. The van der Waals surface area contributed by atoms with Crippen LogP contribution in [0.4, 0.5) is 0 Å². The van der Waals surface area contributed by atoms with Gasteiger partial charge in [-0.1, -0.05) is 79.1 Å². The first-order valence-corrected chi connectivity index (χ1v) is 9.42. The quantitative estimate of drug-likeness (QED) is 0.337. The SMILES string of the molecule is CCCCCCC(CCCCCC)C(C)SCC. The summed E-state index contributed by atoms with van der Waals surface area (Å²) in [4.78, 5) is 0. The van der Waals surface area contributed by atoms with E-state index >= 15 is 0 Å². The van der Waals surface area contributed by atoms with Gasteiger partial charge in [0.25, 0.3) is 0 Å². The summed E-state index contributed by atoms with van der Waals surface area (Å²) in [7, 11) is 0. The van der Waals surface area contributed by atoms with Crippen LogP contribution in [0.2, 0.25) is 0 Å². The lowest BCUT2D eigenvalue weighted by molar-refractivity contribution is 0.404. The smallest absolute Gasteiger partial charge is 0.00468 e. The molecule has 0 fully saturated rings. The molecule has 0 amide bonds. The second-order valence-corrected chi connectivity index (χ2v) is 7.27. The van der Waals surface area contributed by atoms with Crippen LogP contribution in [-0.2, 0) is 0 Å². The molecule has 0 aromatic carbocycles. The van der Waals surface area contributed by atoms with E-state index in [0.29, 0.717) is 0 Å². The summed E-state index contributed by atoms with van der Waals surface area (Å²) in [5, 5.41) is 0.873. The van der Waals surface area contributed by atoms with Gasteiger partial charge in [0.15, 0.2) is 0 Å². The number of thioether (sulfide) groups is 1. The Bertz CT molecular complexity index is 144. The van der Waals surface area contributed by atoms with Gasteiger partial charge in [0.05, 0.1) is 0 Å². The summed E-state index contributed by atoms with van der Waals surface area (Å²) >= 11 is 2.17. The molecule has 0 heterocycles. The van der Waals surface area contributed by atoms with Crippen LogP contribution in [-0.4, -0.2) is 11.0 Å². The van der Waals surface area contributed by atoms with Crippen molar-refractivity contribution in [1.82, 2.24) is 0 Å². The van der Waals surface area contributed by atoms with E-state index in [4.69, 9.17) is 0 Å². The van der Waals surface area contributed by atoms with E-state index in [1.807, 2.05) is 0 Å². The minimum atomic E-state index is 0.873. The minimum Gasteiger partial charge on any atom is -0.159 e. The molecule has 1 atom stereocenters. The average molecular weight is 273 g/mol. The molecule has 110 valence electrons. The Morgan fingerprint density at radius 2 is 1.22 bits per heavy atom. The largest absolute Gasteiger partial charge is 0.159 e. The third-order valence-electron chi connectivity index (χ3n) is 3.95. The van der Waals surface area contributed by atoms with Crippen LogP contribution < -0.4 is 0 Å². The topological polar surface area (TPSA) is 0 Å². The van der Waals surface area contributed by atoms with Crippen molar-refractivity contribution in [3.05, 3.63) is 0 Å². The molecule has 0 nitrogen and oxygen atoms in total. The van der Waals surface area contributed by atoms with Gasteiger partial charge in [0, 0.05) is 5.25 Å². The molecule has 0 saturated carbocycles. The van der Waals surface area contributed by atoms with Crippen molar-refractivity contribution in [2.45, 2.75) is 97.2 Å². The van der Waals surface area contributed by atoms with Crippen LogP contribution in [0.3, 0.4) is 0 Å². The molecule has 0 aliphatic carbocycles. The second-order valence-electron chi connectivity index (χ2n) is 5.62. The third kappa shape index (κ3) is 10.3. The predicted octanol–water partition coefficient (Wildman–Crippen LogP) is 6.69. The van der Waals surface area contributed by atoms with Crippen LogP contribution in [0.5, 0.6) is 0 Å². The van der Waals surface area contributed by atoms with Crippen LogP contribution in [0.25, 0.3) is 0 Å². The van der Waals surface area contributed by atoms with E-state index in [-0.39, 0.29) is 0 Å². The van der Waals surface area contributed by atoms with Crippen molar-refractivity contribution in [2.24, 2.45) is 5.92 Å². The maximum Gasteiger partial charge on any atom is 0.00468 e. The highest BCUT2D eigenvalue weighted by Crippen LogP contribution is 2.28. The minimum absolute atomic E-state index is 0.873. The molecular weight excluding hydrogens is 236 g/mol. The van der Waals surface area contributed by atoms with Gasteiger partial charge in [-0.2, -0.15) is 11.8 Å². The zero-order chi connectivity index (χ0) is 13.6. The number of rotatable bonds is 13. The summed E-state index contributed by atoms with van der Waals surface area (Å²) in [6.07, 6.45) is 14.3. The molecule has 0 saturated heterocycles. The van der Waals surface area contributed by atoms with Crippen LogP contribution >= 0.6 is 11.8 Å². The highest BCUT2D eigenvalue weighted by atomic mass is 32.2. The highest BCUT2D eigenvalue weighted by Gasteiger charge is 2.16. The van der Waals surface area contributed by atoms with E-state index in [2.05, 4.69) is 39.5 Å². The molecule has 0 N–H and O–H groups in total. The van der Waals surface area contributed by atoms with Crippen LogP contribution in [0.15, 0.2) is 0 Å². The second kappa shape index (κ2) is 13.8. The Labute approximate surface area is 121 Å². The van der Waals surface area contributed by atoms with Crippen molar-refractivity contribution < 1.29 is 0 Å². The summed E-state index contributed by atoms with van der Waals surface area (Å²) < 4.78 is 0. The van der Waals surface area contributed by atoms with Crippen molar-refractivity contribution in [3.8, 4) is 0 Å². The molecule has 0 spiro atoms. The normalized spacial score (nSPS) is 13.2. The molecule has 0 aliphatic rings. The summed E-state index contributed by atoms with van der Waals surface area (Å²) in [5.41, 5.74) is 0. The maximum atomic E-state index is 2.46. The van der Waals surface area contributed by atoms with Crippen LogP contribution in [0, 0.1) is 5.92 Å². The molecular formula is C17H36S. The van der Waals surface area contributed by atoms with Crippen molar-refractivity contribution >= 4 is 11.8 Å².